The highest BCUT2D eigenvalue weighted by atomic mass is 35.5. The van der Waals surface area contributed by atoms with Crippen LogP contribution in [0.15, 0.2) is 49.1 Å². The molecular formula is C16H15ClN2. The molecule has 0 radical (unpaired) electrons. The van der Waals surface area contributed by atoms with E-state index in [-0.39, 0.29) is 0 Å². The minimum absolute atomic E-state index is 0.715. The zero-order chi connectivity index (χ0) is 14.1. The molecule has 0 fully saturated rings. The molecule has 0 saturated carbocycles. The lowest BCUT2D eigenvalue weighted by atomic mass is 10.2. The maximum atomic E-state index is 7.32. The van der Waals surface area contributed by atoms with E-state index in [9.17, 15) is 0 Å². The average molecular weight is 271 g/mol. The summed E-state index contributed by atoms with van der Waals surface area (Å²) in [5, 5.41) is 9.14. The third kappa shape index (κ3) is 4.95. The molecule has 0 aliphatic heterocycles. The highest BCUT2D eigenvalue weighted by Crippen LogP contribution is 2.18. The molecule has 0 bridgehead atoms. The van der Waals surface area contributed by atoms with Crippen LogP contribution in [0, 0.1) is 11.3 Å². The van der Waals surface area contributed by atoms with Gasteiger partial charge in [0, 0.05) is 17.3 Å². The number of fused-ring (bicyclic) bond motifs is 1. The quantitative estimate of drug-likeness (QED) is 0.735. The topological polar surface area (TPSA) is 36.7 Å². The van der Waals surface area contributed by atoms with Gasteiger partial charge in [0.05, 0.1) is 17.3 Å². The fraction of sp³-hybridized carbons (Fsp3) is 0.125. The van der Waals surface area contributed by atoms with Gasteiger partial charge in [-0.15, -0.1) is 6.58 Å². The van der Waals surface area contributed by atoms with Crippen molar-refractivity contribution in [1.82, 2.24) is 4.98 Å². The number of pyridine rings is 1. The Morgan fingerprint density at radius 3 is 2.74 bits per heavy atom. The number of allylic oxidation sites excluding steroid dienone is 2. The molecule has 0 amide bonds. The van der Waals surface area contributed by atoms with Crippen LogP contribution in [-0.2, 0) is 0 Å². The normalized spacial score (nSPS) is 9.74. The van der Waals surface area contributed by atoms with E-state index in [0.29, 0.717) is 5.02 Å². The molecule has 0 N–H and O–H groups in total. The summed E-state index contributed by atoms with van der Waals surface area (Å²) < 4.78 is 0. The number of hydrogen-bond donors (Lipinski definition) is 0. The van der Waals surface area contributed by atoms with Crippen molar-refractivity contribution in [3.05, 3.63) is 59.8 Å². The van der Waals surface area contributed by atoms with Gasteiger partial charge in [-0.3, -0.25) is 0 Å². The van der Waals surface area contributed by atoms with Gasteiger partial charge in [0.25, 0.3) is 0 Å². The number of hydrogen-bond acceptors (Lipinski definition) is 2. The summed E-state index contributed by atoms with van der Waals surface area (Å²) in [6, 6.07) is 11.5. The van der Waals surface area contributed by atoms with Gasteiger partial charge in [-0.1, -0.05) is 35.9 Å². The second-order valence-electron chi connectivity index (χ2n) is 3.72. The predicted molar refractivity (Wildman–Crippen MR) is 81.9 cm³/mol. The zero-order valence-corrected chi connectivity index (χ0v) is 11.6. The number of nitriles is 1. The fourth-order valence-electron chi connectivity index (χ4n) is 1.48. The third-order valence-electron chi connectivity index (χ3n) is 2.27. The minimum atomic E-state index is 0.715. The Bertz CT molecular complexity index is 624. The van der Waals surface area contributed by atoms with Gasteiger partial charge < -0.3 is 0 Å². The first kappa shape index (κ1) is 14.9. The van der Waals surface area contributed by atoms with Gasteiger partial charge in [0.1, 0.15) is 0 Å². The lowest BCUT2D eigenvalue weighted by molar-refractivity contribution is 1.35. The zero-order valence-electron chi connectivity index (χ0n) is 10.8. The maximum absolute atomic E-state index is 7.32. The first-order chi connectivity index (χ1) is 9.21. The van der Waals surface area contributed by atoms with Crippen molar-refractivity contribution in [2.75, 3.05) is 0 Å². The number of nitrogens with zero attached hydrogens (tertiary/aromatic N) is 2. The molecule has 0 aliphatic carbocycles. The van der Waals surface area contributed by atoms with Gasteiger partial charge in [0.15, 0.2) is 0 Å². The van der Waals surface area contributed by atoms with Crippen LogP contribution >= 0.6 is 11.6 Å². The molecule has 1 aromatic heterocycles. The van der Waals surface area contributed by atoms with Crippen LogP contribution in [0.25, 0.3) is 17.0 Å². The lowest BCUT2D eigenvalue weighted by Crippen LogP contribution is -1.82. The summed E-state index contributed by atoms with van der Waals surface area (Å²) >= 11 is 5.93. The summed E-state index contributed by atoms with van der Waals surface area (Å²) in [5.41, 5.74) is 1.87. The Kier molecular flexibility index (Phi) is 6.35. The summed E-state index contributed by atoms with van der Waals surface area (Å²) in [4.78, 5) is 4.50. The van der Waals surface area contributed by atoms with Gasteiger partial charge in [-0.25, -0.2) is 4.98 Å². The molecule has 2 nitrogen and oxygen atoms in total. The molecule has 2 rings (SSSR count). The first-order valence-corrected chi connectivity index (χ1v) is 6.23. The molecule has 2 aromatic rings. The summed E-state index contributed by atoms with van der Waals surface area (Å²) in [7, 11) is 0. The Balaban J connectivity index is 0.000000550. The van der Waals surface area contributed by atoms with Crippen molar-refractivity contribution < 1.29 is 0 Å². The van der Waals surface area contributed by atoms with E-state index in [1.165, 1.54) is 6.92 Å². The van der Waals surface area contributed by atoms with E-state index in [2.05, 4.69) is 11.6 Å². The highest BCUT2D eigenvalue weighted by molar-refractivity contribution is 6.31. The standard InChI is InChI=1S/C14H12ClN.C2H3N/c1-2-3-4-5-13-9-7-11-6-8-12(15)10-14(11)16-13;1-2-3/h2,4-10H,1,3H2;1H3/b5-4+;. The number of benzene rings is 1. The summed E-state index contributed by atoms with van der Waals surface area (Å²) in [6.07, 6.45) is 6.73. The Hall–Kier alpha value is -2.11. The van der Waals surface area contributed by atoms with Crippen molar-refractivity contribution in [2.24, 2.45) is 0 Å². The van der Waals surface area contributed by atoms with E-state index >= 15 is 0 Å². The molecule has 0 spiro atoms. The Morgan fingerprint density at radius 1 is 1.37 bits per heavy atom. The molecule has 1 aromatic carbocycles. The van der Waals surface area contributed by atoms with Gasteiger partial charge in [-0.05, 0) is 30.7 Å². The van der Waals surface area contributed by atoms with Crippen molar-refractivity contribution in [3.63, 3.8) is 0 Å². The molecule has 0 atom stereocenters. The van der Waals surface area contributed by atoms with Crippen molar-refractivity contribution in [2.45, 2.75) is 13.3 Å². The largest absolute Gasteiger partial charge is 0.248 e. The van der Waals surface area contributed by atoms with E-state index in [0.717, 1.165) is 23.0 Å². The summed E-state index contributed by atoms with van der Waals surface area (Å²) in [6.45, 7) is 5.09. The second-order valence-corrected chi connectivity index (χ2v) is 4.16. The van der Waals surface area contributed by atoms with Crippen molar-refractivity contribution in [1.29, 1.82) is 5.26 Å². The van der Waals surface area contributed by atoms with Crippen LogP contribution < -0.4 is 0 Å². The van der Waals surface area contributed by atoms with Crippen LogP contribution in [0.4, 0.5) is 0 Å². The molecule has 96 valence electrons. The smallest absolute Gasteiger partial charge is 0.0724 e. The highest BCUT2D eigenvalue weighted by Gasteiger charge is 1.96. The van der Waals surface area contributed by atoms with Crippen molar-refractivity contribution >= 4 is 28.6 Å². The minimum Gasteiger partial charge on any atom is -0.248 e. The van der Waals surface area contributed by atoms with Crippen LogP contribution in [-0.4, -0.2) is 4.98 Å². The molecule has 19 heavy (non-hydrogen) atoms. The monoisotopic (exact) mass is 270 g/mol. The van der Waals surface area contributed by atoms with E-state index in [1.54, 1.807) is 6.07 Å². The number of rotatable bonds is 3. The van der Waals surface area contributed by atoms with E-state index < -0.39 is 0 Å². The molecule has 0 unspecified atom stereocenters. The molecule has 0 aliphatic rings. The third-order valence-corrected chi connectivity index (χ3v) is 2.50. The summed E-state index contributed by atoms with van der Waals surface area (Å²) in [5.74, 6) is 0. The Labute approximate surface area is 118 Å². The SMILES string of the molecule is C=CC/C=C/c1ccc2ccc(Cl)cc2n1.CC#N. The Morgan fingerprint density at radius 2 is 2.05 bits per heavy atom. The second kappa shape index (κ2) is 8.07. The van der Waals surface area contributed by atoms with E-state index in [1.807, 2.05) is 48.6 Å². The average Bonchev–Trinajstić information content (AvgIpc) is 2.39. The molecular weight excluding hydrogens is 256 g/mol. The van der Waals surface area contributed by atoms with Crippen LogP contribution in [0.1, 0.15) is 19.0 Å². The fourth-order valence-corrected chi connectivity index (χ4v) is 1.65. The molecule has 1 heterocycles. The molecule has 0 saturated heterocycles. The van der Waals surface area contributed by atoms with E-state index in [4.69, 9.17) is 16.9 Å². The number of aromatic nitrogens is 1. The van der Waals surface area contributed by atoms with Gasteiger partial charge in [0.2, 0.25) is 0 Å². The van der Waals surface area contributed by atoms with Crippen LogP contribution in [0.5, 0.6) is 0 Å². The van der Waals surface area contributed by atoms with Crippen LogP contribution in [0.3, 0.4) is 0 Å². The van der Waals surface area contributed by atoms with Crippen LogP contribution in [0.2, 0.25) is 5.02 Å². The first-order valence-electron chi connectivity index (χ1n) is 5.86. The lowest BCUT2D eigenvalue weighted by Gasteiger charge is -1.99. The maximum Gasteiger partial charge on any atom is 0.0724 e. The number of halogens is 1. The van der Waals surface area contributed by atoms with Gasteiger partial charge in [-0.2, -0.15) is 5.26 Å². The molecule has 3 heteroatoms. The predicted octanol–water partition coefficient (Wildman–Crippen LogP) is 5.01. The van der Waals surface area contributed by atoms with Crippen molar-refractivity contribution in [3.8, 4) is 6.07 Å². The van der Waals surface area contributed by atoms with Gasteiger partial charge >= 0.3 is 0 Å².